The molecule has 0 aliphatic carbocycles. The molecular formula is C13H24N2O. The summed E-state index contributed by atoms with van der Waals surface area (Å²) < 4.78 is 0. The van der Waals surface area contributed by atoms with Gasteiger partial charge in [-0.2, -0.15) is 0 Å². The van der Waals surface area contributed by atoms with Crippen LogP contribution in [-0.4, -0.2) is 37.6 Å². The van der Waals surface area contributed by atoms with Gasteiger partial charge in [-0.3, -0.25) is 4.99 Å². The molecule has 0 heterocycles. The Hall–Kier alpha value is -0.930. The fourth-order valence-electron chi connectivity index (χ4n) is 1.62. The monoisotopic (exact) mass is 224 g/mol. The smallest absolute Gasteiger partial charge is 0.0957 e. The second kappa shape index (κ2) is 9.31. The molecule has 0 amide bonds. The molecule has 92 valence electrons. The largest absolute Gasteiger partial charge is 0.387 e. The fraction of sp³-hybridized carbons (Fsp3) is 0.615. The third kappa shape index (κ3) is 5.24. The highest BCUT2D eigenvalue weighted by Gasteiger charge is 2.19. The van der Waals surface area contributed by atoms with Crippen LogP contribution >= 0.6 is 0 Å². The van der Waals surface area contributed by atoms with Crippen molar-refractivity contribution in [3.8, 4) is 0 Å². The number of nitrogens with one attached hydrogen (secondary N) is 1. The van der Waals surface area contributed by atoms with Crippen molar-refractivity contribution in [3.63, 3.8) is 0 Å². The number of hydrogen-bond donors (Lipinski definition) is 2. The number of aliphatic hydroxyl groups is 1. The van der Waals surface area contributed by atoms with E-state index in [1.54, 1.807) is 25.4 Å². The van der Waals surface area contributed by atoms with Crippen LogP contribution < -0.4 is 5.32 Å². The molecule has 0 fully saturated rings. The van der Waals surface area contributed by atoms with Crippen LogP contribution in [0.3, 0.4) is 0 Å². The van der Waals surface area contributed by atoms with Gasteiger partial charge in [0.25, 0.3) is 0 Å². The molecule has 3 nitrogen and oxygen atoms in total. The summed E-state index contributed by atoms with van der Waals surface area (Å²) in [6.07, 6.45) is 7.82. The highest BCUT2D eigenvalue weighted by molar-refractivity contribution is 5.80. The minimum Gasteiger partial charge on any atom is -0.387 e. The molecule has 0 saturated heterocycles. The number of likely N-dealkylation sites (N-methyl/N-ethyl adjacent to an activating group) is 1. The third-order valence-corrected chi connectivity index (χ3v) is 2.55. The molecule has 0 aliphatic heterocycles. The Morgan fingerprint density at radius 3 is 2.69 bits per heavy atom. The zero-order chi connectivity index (χ0) is 12.4. The number of aliphatic imine (C=N–C) groups is 1. The first kappa shape index (κ1) is 15.1. The molecule has 0 aromatic heterocycles. The molecule has 0 saturated carbocycles. The average Bonchev–Trinajstić information content (AvgIpc) is 2.29. The number of hydrogen-bond acceptors (Lipinski definition) is 3. The van der Waals surface area contributed by atoms with Crippen molar-refractivity contribution in [2.45, 2.75) is 38.3 Å². The lowest BCUT2D eigenvalue weighted by molar-refractivity contribution is 0.164. The molecule has 16 heavy (non-hydrogen) atoms. The topological polar surface area (TPSA) is 44.6 Å². The summed E-state index contributed by atoms with van der Waals surface area (Å²) in [5.74, 6) is 0. The average molecular weight is 224 g/mol. The van der Waals surface area contributed by atoms with Crippen molar-refractivity contribution in [2.24, 2.45) is 4.99 Å². The molecule has 2 atom stereocenters. The molecular weight excluding hydrogens is 200 g/mol. The second-order valence-electron chi connectivity index (χ2n) is 3.77. The summed E-state index contributed by atoms with van der Waals surface area (Å²) in [7, 11) is 3.57. The Kier molecular flexibility index (Phi) is 8.77. The van der Waals surface area contributed by atoms with E-state index < -0.39 is 6.10 Å². The molecule has 0 rings (SSSR count). The Morgan fingerprint density at radius 1 is 1.56 bits per heavy atom. The summed E-state index contributed by atoms with van der Waals surface area (Å²) in [5.41, 5.74) is 0.799. The van der Waals surface area contributed by atoms with Gasteiger partial charge in [0, 0.05) is 19.3 Å². The number of aliphatic hydroxyl groups excluding tert-OH is 1. The molecule has 0 aliphatic rings. The van der Waals surface area contributed by atoms with Gasteiger partial charge in [0.2, 0.25) is 0 Å². The maximum atomic E-state index is 10.2. The first-order valence-corrected chi connectivity index (χ1v) is 5.81. The van der Waals surface area contributed by atoms with Crippen molar-refractivity contribution in [1.29, 1.82) is 0 Å². The van der Waals surface area contributed by atoms with Crippen LogP contribution in [0.25, 0.3) is 0 Å². The first-order chi connectivity index (χ1) is 7.71. The lowest BCUT2D eigenvalue weighted by Gasteiger charge is -2.23. The third-order valence-electron chi connectivity index (χ3n) is 2.55. The van der Waals surface area contributed by atoms with E-state index in [1.807, 2.05) is 7.05 Å². The SMILES string of the molecule is C=C/C=C(\C=NC)[C@H](O)[C@@H](CCCC)NC. The van der Waals surface area contributed by atoms with E-state index in [1.165, 1.54) is 0 Å². The first-order valence-electron chi connectivity index (χ1n) is 5.81. The maximum absolute atomic E-state index is 10.2. The van der Waals surface area contributed by atoms with Crippen molar-refractivity contribution in [3.05, 3.63) is 24.3 Å². The summed E-state index contributed by atoms with van der Waals surface area (Å²) in [4.78, 5) is 3.94. The Labute approximate surface area is 99.0 Å². The zero-order valence-electron chi connectivity index (χ0n) is 10.6. The Bertz CT molecular complexity index is 246. The van der Waals surface area contributed by atoms with Crippen LogP contribution in [0.15, 0.2) is 29.3 Å². The normalized spacial score (nSPS) is 16.4. The Morgan fingerprint density at radius 2 is 2.25 bits per heavy atom. The van der Waals surface area contributed by atoms with E-state index >= 15 is 0 Å². The zero-order valence-corrected chi connectivity index (χ0v) is 10.6. The molecule has 0 spiro atoms. The number of rotatable bonds is 8. The van der Waals surface area contributed by atoms with E-state index in [0.717, 1.165) is 24.8 Å². The standard InChI is InChI=1S/C13H24N2O/c1-5-7-9-12(15-4)13(16)11(8-6-2)10-14-3/h6,8,10,12-13,15-16H,2,5,7,9H2,1,3-4H3/b11-8+,14-10?/t12-,13+/m1/s1. The fourth-order valence-corrected chi connectivity index (χ4v) is 1.62. The van der Waals surface area contributed by atoms with E-state index in [2.05, 4.69) is 23.8 Å². The highest BCUT2D eigenvalue weighted by atomic mass is 16.3. The van der Waals surface area contributed by atoms with Crippen molar-refractivity contribution in [1.82, 2.24) is 5.32 Å². The lowest BCUT2D eigenvalue weighted by atomic mass is 9.98. The number of nitrogens with zero attached hydrogens (tertiary/aromatic N) is 1. The molecule has 0 radical (unpaired) electrons. The second-order valence-corrected chi connectivity index (χ2v) is 3.77. The van der Waals surface area contributed by atoms with Crippen LogP contribution in [0.4, 0.5) is 0 Å². The van der Waals surface area contributed by atoms with Gasteiger partial charge in [0.15, 0.2) is 0 Å². The highest BCUT2D eigenvalue weighted by Crippen LogP contribution is 2.11. The van der Waals surface area contributed by atoms with Crippen molar-refractivity contribution in [2.75, 3.05) is 14.1 Å². The number of allylic oxidation sites excluding steroid dienone is 2. The van der Waals surface area contributed by atoms with Gasteiger partial charge in [-0.15, -0.1) is 0 Å². The molecule has 0 aromatic carbocycles. The molecule has 2 N–H and O–H groups in total. The van der Waals surface area contributed by atoms with E-state index in [4.69, 9.17) is 0 Å². The van der Waals surface area contributed by atoms with Gasteiger partial charge < -0.3 is 10.4 Å². The van der Waals surface area contributed by atoms with Gasteiger partial charge in [0.1, 0.15) is 0 Å². The summed E-state index contributed by atoms with van der Waals surface area (Å²) in [5, 5.41) is 13.3. The molecule has 0 aromatic rings. The van der Waals surface area contributed by atoms with Gasteiger partial charge in [-0.25, -0.2) is 0 Å². The maximum Gasteiger partial charge on any atom is 0.0957 e. The lowest BCUT2D eigenvalue weighted by Crippen LogP contribution is -2.39. The van der Waals surface area contributed by atoms with Crippen LogP contribution in [0.2, 0.25) is 0 Å². The van der Waals surface area contributed by atoms with Gasteiger partial charge in [-0.1, -0.05) is 38.5 Å². The molecule has 0 unspecified atom stereocenters. The van der Waals surface area contributed by atoms with Crippen LogP contribution in [0.5, 0.6) is 0 Å². The van der Waals surface area contributed by atoms with E-state index in [-0.39, 0.29) is 6.04 Å². The van der Waals surface area contributed by atoms with Gasteiger partial charge in [0.05, 0.1) is 6.10 Å². The summed E-state index contributed by atoms with van der Waals surface area (Å²) >= 11 is 0. The van der Waals surface area contributed by atoms with Crippen molar-refractivity contribution < 1.29 is 5.11 Å². The van der Waals surface area contributed by atoms with Gasteiger partial charge >= 0.3 is 0 Å². The minimum absolute atomic E-state index is 0.0733. The van der Waals surface area contributed by atoms with E-state index in [9.17, 15) is 5.11 Å². The van der Waals surface area contributed by atoms with E-state index in [0.29, 0.717) is 0 Å². The van der Waals surface area contributed by atoms with Crippen LogP contribution in [0, 0.1) is 0 Å². The molecule has 0 bridgehead atoms. The van der Waals surface area contributed by atoms with Crippen LogP contribution in [-0.2, 0) is 0 Å². The quantitative estimate of drug-likeness (QED) is 0.489. The summed E-state index contributed by atoms with van der Waals surface area (Å²) in [6.45, 7) is 5.79. The van der Waals surface area contributed by atoms with Gasteiger partial charge in [-0.05, 0) is 19.0 Å². The molecule has 3 heteroatoms. The minimum atomic E-state index is -0.529. The number of unbranched alkanes of at least 4 members (excludes halogenated alkanes) is 1. The Balaban J connectivity index is 4.60. The predicted octanol–water partition coefficient (Wildman–Crippen LogP) is 1.94. The van der Waals surface area contributed by atoms with Crippen molar-refractivity contribution >= 4 is 6.21 Å². The predicted molar refractivity (Wildman–Crippen MR) is 71.1 cm³/mol. The summed E-state index contributed by atoms with van der Waals surface area (Å²) in [6, 6.07) is 0.0733. The van der Waals surface area contributed by atoms with Crippen LogP contribution in [0.1, 0.15) is 26.2 Å².